The molecule has 0 saturated heterocycles. The molecule has 1 atom stereocenters. The minimum absolute atomic E-state index is 0.162. The number of carboxylic acid groups (broad SMARTS) is 1. The van der Waals surface area contributed by atoms with Gasteiger partial charge in [-0.3, -0.25) is 4.79 Å². The van der Waals surface area contributed by atoms with Crippen LogP contribution in [0.5, 0.6) is 0 Å². The van der Waals surface area contributed by atoms with E-state index in [1.54, 1.807) is 18.0 Å². The zero-order chi connectivity index (χ0) is 20.5. The zero-order valence-electron chi connectivity index (χ0n) is 16.2. The average molecular weight is 424 g/mol. The number of aromatic nitrogens is 2. The van der Waals surface area contributed by atoms with Crippen molar-refractivity contribution in [2.24, 2.45) is 0 Å². The van der Waals surface area contributed by atoms with Crippen molar-refractivity contribution in [3.05, 3.63) is 46.7 Å². The maximum atomic E-state index is 11.9. The number of hydrogen-bond donors (Lipinski definition) is 2. The Labute approximate surface area is 174 Å². The second-order valence-electron chi connectivity index (χ2n) is 6.47. The standard InChI is InChI=1S/C20H26ClN3O3S/c1-3-7-18(25)23-17(19(26)27)11-15-12-22-20(28-10-4-2)24(15)13-14-8-5-6-9-16(14)21/h5-6,8-9,12,17H,3-4,7,10-11,13H2,1-2H3,(H,23,25)(H,26,27)/t17-/m0/s1. The molecule has 152 valence electrons. The maximum absolute atomic E-state index is 11.9. The van der Waals surface area contributed by atoms with Crippen molar-refractivity contribution >= 4 is 35.2 Å². The van der Waals surface area contributed by atoms with Gasteiger partial charge < -0.3 is 15.0 Å². The highest BCUT2D eigenvalue weighted by atomic mass is 35.5. The van der Waals surface area contributed by atoms with Crippen LogP contribution in [0, 0.1) is 0 Å². The largest absolute Gasteiger partial charge is 0.480 e. The summed E-state index contributed by atoms with van der Waals surface area (Å²) >= 11 is 7.94. The van der Waals surface area contributed by atoms with Crippen LogP contribution in [0.25, 0.3) is 0 Å². The molecule has 1 amide bonds. The van der Waals surface area contributed by atoms with E-state index in [0.29, 0.717) is 24.4 Å². The minimum Gasteiger partial charge on any atom is -0.480 e. The summed E-state index contributed by atoms with van der Waals surface area (Å²) in [5.41, 5.74) is 1.69. The zero-order valence-corrected chi connectivity index (χ0v) is 17.7. The van der Waals surface area contributed by atoms with Crippen molar-refractivity contribution in [3.63, 3.8) is 0 Å². The number of carbonyl (C=O) groups excluding carboxylic acids is 1. The van der Waals surface area contributed by atoms with Gasteiger partial charge in [0.15, 0.2) is 5.16 Å². The number of aliphatic carboxylic acids is 1. The van der Waals surface area contributed by atoms with E-state index in [4.69, 9.17) is 11.6 Å². The number of halogens is 1. The van der Waals surface area contributed by atoms with Gasteiger partial charge in [0.25, 0.3) is 0 Å². The number of nitrogens with zero attached hydrogens (tertiary/aromatic N) is 2. The molecule has 0 aliphatic rings. The molecule has 1 aromatic heterocycles. The second-order valence-corrected chi connectivity index (χ2v) is 7.94. The molecule has 0 saturated carbocycles. The van der Waals surface area contributed by atoms with E-state index >= 15 is 0 Å². The van der Waals surface area contributed by atoms with E-state index in [0.717, 1.165) is 28.6 Å². The summed E-state index contributed by atoms with van der Waals surface area (Å²) in [7, 11) is 0. The van der Waals surface area contributed by atoms with E-state index in [-0.39, 0.29) is 12.3 Å². The fourth-order valence-corrected chi connectivity index (χ4v) is 3.78. The first-order chi connectivity index (χ1) is 13.5. The summed E-state index contributed by atoms with van der Waals surface area (Å²) in [6.45, 7) is 4.47. The third kappa shape index (κ3) is 6.27. The molecule has 2 aromatic rings. The number of carboxylic acids is 1. The Balaban J connectivity index is 2.29. The van der Waals surface area contributed by atoms with Crippen LogP contribution in [0.15, 0.2) is 35.6 Å². The molecule has 1 aromatic carbocycles. The van der Waals surface area contributed by atoms with E-state index < -0.39 is 12.0 Å². The van der Waals surface area contributed by atoms with Crippen LogP contribution < -0.4 is 5.32 Å². The first-order valence-electron chi connectivity index (χ1n) is 9.39. The molecule has 0 aliphatic heterocycles. The predicted molar refractivity (Wildman–Crippen MR) is 112 cm³/mol. The number of nitrogens with one attached hydrogen (secondary N) is 1. The second kappa shape index (κ2) is 11.1. The van der Waals surface area contributed by atoms with Crippen LogP contribution in [-0.2, 0) is 22.6 Å². The number of hydrogen-bond acceptors (Lipinski definition) is 4. The van der Waals surface area contributed by atoms with Gasteiger partial charge in [0.1, 0.15) is 6.04 Å². The molecule has 1 heterocycles. The summed E-state index contributed by atoms with van der Waals surface area (Å²) in [6, 6.07) is 6.57. The SMILES string of the molecule is CCCSc1ncc(C[C@H](NC(=O)CCC)C(=O)O)n1Cc1ccccc1Cl. The predicted octanol–water partition coefficient (Wildman–Crippen LogP) is 4.00. The molecule has 0 radical (unpaired) electrons. The van der Waals surface area contributed by atoms with Crippen LogP contribution in [-0.4, -0.2) is 38.3 Å². The molecular weight excluding hydrogens is 398 g/mol. The third-order valence-corrected chi connectivity index (χ3v) is 5.71. The summed E-state index contributed by atoms with van der Waals surface area (Å²) in [6.07, 6.45) is 3.83. The van der Waals surface area contributed by atoms with Gasteiger partial charge in [-0.1, -0.05) is 55.4 Å². The Morgan fingerprint density at radius 1 is 1.29 bits per heavy atom. The lowest BCUT2D eigenvalue weighted by molar-refractivity contribution is -0.141. The monoisotopic (exact) mass is 423 g/mol. The van der Waals surface area contributed by atoms with Gasteiger partial charge in [-0.15, -0.1) is 0 Å². The van der Waals surface area contributed by atoms with Gasteiger partial charge in [-0.2, -0.15) is 0 Å². The molecule has 0 spiro atoms. The van der Waals surface area contributed by atoms with Crippen molar-refractivity contribution in [2.45, 2.75) is 57.3 Å². The van der Waals surface area contributed by atoms with Crippen molar-refractivity contribution in [2.75, 3.05) is 5.75 Å². The number of thioether (sulfide) groups is 1. The van der Waals surface area contributed by atoms with Crippen LogP contribution in [0.1, 0.15) is 44.4 Å². The first kappa shape index (κ1) is 22.3. The number of imidazole rings is 1. The van der Waals surface area contributed by atoms with Gasteiger partial charge >= 0.3 is 5.97 Å². The third-order valence-electron chi connectivity index (χ3n) is 4.15. The summed E-state index contributed by atoms with van der Waals surface area (Å²) in [4.78, 5) is 28.1. The molecular formula is C20H26ClN3O3S. The lowest BCUT2D eigenvalue weighted by Gasteiger charge is -2.17. The highest BCUT2D eigenvalue weighted by Gasteiger charge is 2.23. The molecule has 0 fully saturated rings. The Morgan fingerprint density at radius 2 is 2.04 bits per heavy atom. The number of amides is 1. The van der Waals surface area contributed by atoms with E-state index in [1.807, 2.05) is 35.8 Å². The number of benzene rings is 1. The average Bonchev–Trinajstić information content (AvgIpc) is 3.03. The molecule has 6 nitrogen and oxygen atoms in total. The maximum Gasteiger partial charge on any atom is 0.326 e. The Morgan fingerprint density at radius 3 is 2.68 bits per heavy atom. The van der Waals surface area contributed by atoms with Gasteiger partial charge in [0, 0.05) is 35.5 Å². The van der Waals surface area contributed by atoms with Crippen LogP contribution in [0.2, 0.25) is 5.02 Å². The van der Waals surface area contributed by atoms with Gasteiger partial charge in [0.2, 0.25) is 5.91 Å². The Kier molecular flexibility index (Phi) is 8.86. The summed E-state index contributed by atoms with van der Waals surface area (Å²) in [5, 5.41) is 13.6. The van der Waals surface area contributed by atoms with E-state index in [9.17, 15) is 14.7 Å². The summed E-state index contributed by atoms with van der Waals surface area (Å²) in [5.74, 6) is -0.403. The number of carbonyl (C=O) groups is 2. The first-order valence-corrected chi connectivity index (χ1v) is 10.7. The number of rotatable bonds is 11. The smallest absolute Gasteiger partial charge is 0.326 e. The quantitative estimate of drug-likeness (QED) is 0.533. The van der Waals surface area contributed by atoms with Crippen LogP contribution in [0.3, 0.4) is 0 Å². The van der Waals surface area contributed by atoms with Crippen molar-refractivity contribution in [3.8, 4) is 0 Å². The van der Waals surface area contributed by atoms with Crippen molar-refractivity contribution in [1.29, 1.82) is 0 Å². The van der Waals surface area contributed by atoms with Gasteiger partial charge in [0.05, 0.1) is 6.54 Å². The molecule has 0 unspecified atom stereocenters. The Bertz CT molecular complexity index is 810. The highest BCUT2D eigenvalue weighted by molar-refractivity contribution is 7.99. The topological polar surface area (TPSA) is 84.2 Å². The van der Waals surface area contributed by atoms with Crippen LogP contribution >= 0.6 is 23.4 Å². The van der Waals surface area contributed by atoms with Gasteiger partial charge in [-0.05, 0) is 24.5 Å². The fraction of sp³-hybridized carbons (Fsp3) is 0.450. The normalized spacial score (nSPS) is 12.0. The lowest BCUT2D eigenvalue weighted by Crippen LogP contribution is -2.42. The molecule has 0 bridgehead atoms. The van der Waals surface area contributed by atoms with E-state index in [2.05, 4.69) is 17.2 Å². The molecule has 2 rings (SSSR count). The molecule has 0 aliphatic carbocycles. The molecule has 28 heavy (non-hydrogen) atoms. The molecule has 8 heteroatoms. The van der Waals surface area contributed by atoms with Gasteiger partial charge in [-0.25, -0.2) is 9.78 Å². The van der Waals surface area contributed by atoms with Crippen molar-refractivity contribution < 1.29 is 14.7 Å². The minimum atomic E-state index is -1.06. The highest BCUT2D eigenvalue weighted by Crippen LogP contribution is 2.24. The fourth-order valence-electron chi connectivity index (χ4n) is 2.73. The van der Waals surface area contributed by atoms with E-state index in [1.165, 1.54) is 0 Å². The summed E-state index contributed by atoms with van der Waals surface area (Å²) < 4.78 is 1.99. The Hall–Kier alpha value is -1.99. The lowest BCUT2D eigenvalue weighted by atomic mass is 10.1. The van der Waals surface area contributed by atoms with Crippen molar-refractivity contribution in [1.82, 2.24) is 14.9 Å². The molecule has 2 N–H and O–H groups in total. The van der Waals surface area contributed by atoms with Crippen LogP contribution in [0.4, 0.5) is 0 Å².